The Morgan fingerprint density at radius 1 is 1.21 bits per heavy atom. The fourth-order valence-electron chi connectivity index (χ4n) is 2.40. The van der Waals surface area contributed by atoms with E-state index >= 15 is 0 Å². The maximum atomic E-state index is 12.7. The smallest absolute Gasteiger partial charge is 0.331 e. The summed E-state index contributed by atoms with van der Waals surface area (Å²) in [5, 5.41) is 0. The highest BCUT2D eigenvalue weighted by Gasteiger charge is 2.21. The van der Waals surface area contributed by atoms with Gasteiger partial charge in [0.15, 0.2) is 5.78 Å². The van der Waals surface area contributed by atoms with Gasteiger partial charge in [-0.2, -0.15) is 0 Å². The third-order valence-electron chi connectivity index (χ3n) is 3.46. The van der Waals surface area contributed by atoms with Gasteiger partial charge in [-0.15, -0.1) is 0 Å². The number of hydrogen-bond acceptors (Lipinski definition) is 4. The van der Waals surface area contributed by atoms with Crippen LogP contribution in [0.1, 0.15) is 34.2 Å². The summed E-state index contributed by atoms with van der Waals surface area (Å²) < 4.78 is 6.26. The number of hydrogen-bond donors (Lipinski definition) is 2. The quantitative estimate of drug-likeness (QED) is 0.622. The summed E-state index contributed by atoms with van der Waals surface area (Å²) in [5.74, 6) is -0.663. The largest absolute Gasteiger partial charge is 0.466 e. The first-order chi connectivity index (χ1) is 11.4. The molecule has 0 aliphatic heterocycles. The van der Waals surface area contributed by atoms with Gasteiger partial charge in [0.1, 0.15) is 0 Å². The molecule has 1 aromatic heterocycles. The van der Waals surface area contributed by atoms with Crippen molar-refractivity contribution >= 4 is 17.8 Å². The number of primary amides is 1. The lowest BCUT2D eigenvalue weighted by Gasteiger charge is -2.11. The number of carbonyl (C=O) groups is 3. The molecule has 2 aromatic rings. The van der Waals surface area contributed by atoms with Gasteiger partial charge in [-0.25, -0.2) is 10.2 Å². The fourth-order valence-corrected chi connectivity index (χ4v) is 2.40. The molecule has 1 heterocycles. The van der Waals surface area contributed by atoms with E-state index in [0.717, 1.165) is 0 Å². The van der Waals surface area contributed by atoms with Crippen LogP contribution in [0.5, 0.6) is 0 Å². The molecule has 0 atom stereocenters. The maximum absolute atomic E-state index is 12.7. The predicted octanol–water partition coefficient (Wildman–Crippen LogP) is 1.76. The van der Waals surface area contributed by atoms with Crippen LogP contribution in [0.4, 0.5) is 4.79 Å². The molecule has 0 saturated heterocycles. The van der Waals surface area contributed by atoms with E-state index in [-0.39, 0.29) is 18.8 Å². The number of rotatable bonds is 6. The van der Waals surface area contributed by atoms with Gasteiger partial charge in [-0.3, -0.25) is 14.3 Å². The number of nitrogens with zero attached hydrogens (tertiary/aromatic N) is 1. The number of amides is 2. The first kappa shape index (κ1) is 17.3. The number of ether oxygens (including phenoxy) is 1. The van der Waals surface area contributed by atoms with Crippen molar-refractivity contribution in [1.82, 2.24) is 4.68 Å². The van der Waals surface area contributed by atoms with Crippen molar-refractivity contribution in [3.05, 3.63) is 58.9 Å². The molecule has 0 aliphatic carbocycles. The van der Waals surface area contributed by atoms with Crippen molar-refractivity contribution in [2.45, 2.75) is 20.3 Å². The second-order valence-electron chi connectivity index (χ2n) is 5.12. The highest BCUT2D eigenvalue weighted by molar-refractivity contribution is 6.10. The van der Waals surface area contributed by atoms with Crippen molar-refractivity contribution in [2.75, 3.05) is 12.0 Å². The predicted molar refractivity (Wildman–Crippen MR) is 88.3 cm³/mol. The minimum atomic E-state index is -0.794. The SMILES string of the molecule is CCOC(=O)Cc1cc(C(=O)c2ccccc2)c(C)n1NC(N)=O. The minimum absolute atomic E-state index is 0.0863. The lowest BCUT2D eigenvalue weighted by atomic mass is 10.0. The van der Waals surface area contributed by atoms with Crippen molar-refractivity contribution < 1.29 is 19.1 Å². The molecule has 24 heavy (non-hydrogen) atoms. The number of esters is 1. The van der Waals surface area contributed by atoms with E-state index in [9.17, 15) is 14.4 Å². The second kappa shape index (κ2) is 7.45. The van der Waals surface area contributed by atoms with Crippen LogP contribution in [-0.2, 0) is 16.0 Å². The first-order valence-electron chi connectivity index (χ1n) is 7.47. The normalized spacial score (nSPS) is 10.2. The van der Waals surface area contributed by atoms with Crippen LogP contribution in [0, 0.1) is 6.92 Å². The summed E-state index contributed by atoms with van der Waals surface area (Å²) in [5.41, 5.74) is 9.39. The first-order valence-corrected chi connectivity index (χ1v) is 7.47. The van der Waals surface area contributed by atoms with E-state index in [1.54, 1.807) is 44.2 Å². The van der Waals surface area contributed by atoms with Crippen molar-refractivity contribution in [1.29, 1.82) is 0 Å². The standard InChI is InChI=1S/C17H19N3O4/c1-3-24-15(21)10-13-9-14(11(2)20(13)19-17(18)23)16(22)12-7-5-4-6-8-12/h4-9H,3,10H2,1-2H3,(H3,18,19,23). The minimum Gasteiger partial charge on any atom is -0.466 e. The van der Waals surface area contributed by atoms with Crippen LogP contribution in [0.15, 0.2) is 36.4 Å². The molecule has 2 rings (SSSR count). The third kappa shape index (κ3) is 3.81. The maximum Gasteiger partial charge on any atom is 0.331 e. The molecule has 0 aliphatic rings. The average Bonchev–Trinajstić information content (AvgIpc) is 2.84. The Kier molecular flexibility index (Phi) is 5.36. The van der Waals surface area contributed by atoms with E-state index in [2.05, 4.69) is 5.43 Å². The topological polar surface area (TPSA) is 103 Å². The number of aromatic nitrogens is 1. The van der Waals surface area contributed by atoms with Gasteiger partial charge in [-0.1, -0.05) is 30.3 Å². The zero-order chi connectivity index (χ0) is 17.7. The molecule has 126 valence electrons. The molecule has 2 amide bonds. The molecule has 0 unspecified atom stereocenters. The Morgan fingerprint density at radius 3 is 2.46 bits per heavy atom. The molecule has 0 spiro atoms. The highest BCUT2D eigenvalue weighted by Crippen LogP contribution is 2.19. The van der Waals surface area contributed by atoms with Gasteiger partial charge in [-0.05, 0) is 19.9 Å². The zero-order valence-electron chi connectivity index (χ0n) is 13.5. The summed E-state index contributed by atoms with van der Waals surface area (Å²) in [6, 6.07) is 9.52. The monoisotopic (exact) mass is 329 g/mol. The number of nitrogens with one attached hydrogen (secondary N) is 1. The number of ketones is 1. The van der Waals surface area contributed by atoms with Gasteiger partial charge < -0.3 is 10.5 Å². The molecule has 7 heteroatoms. The molecular weight excluding hydrogens is 310 g/mol. The summed E-state index contributed by atoms with van der Waals surface area (Å²) in [4.78, 5) is 35.6. The van der Waals surface area contributed by atoms with Gasteiger partial charge in [0.2, 0.25) is 0 Å². The fraction of sp³-hybridized carbons (Fsp3) is 0.235. The van der Waals surface area contributed by atoms with Gasteiger partial charge in [0.05, 0.1) is 18.7 Å². The van der Waals surface area contributed by atoms with E-state index in [4.69, 9.17) is 10.5 Å². The highest BCUT2D eigenvalue weighted by atomic mass is 16.5. The molecule has 0 radical (unpaired) electrons. The van der Waals surface area contributed by atoms with Crippen LogP contribution in [0.2, 0.25) is 0 Å². The Balaban J connectivity index is 2.42. The number of nitrogens with two attached hydrogens (primary N) is 1. The van der Waals surface area contributed by atoms with E-state index in [1.165, 1.54) is 4.68 Å². The van der Waals surface area contributed by atoms with Gasteiger partial charge in [0, 0.05) is 16.8 Å². The van der Waals surface area contributed by atoms with Crippen LogP contribution in [0.3, 0.4) is 0 Å². The van der Waals surface area contributed by atoms with E-state index < -0.39 is 12.0 Å². The molecule has 0 fully saturated rings. The van der Waals surface area contributed by atoms with E-state index in [0.29, 0.717) is 22.5 Å². The molecule has 0 bridgehead atoms. The second-order valence-corrected chi connectivity index (χ2v) is 5.12. The summed E-state index contributed by atoms with van der Waals surface area (Å²) in [6.07, 6.45) is -0.0863. The van der Waals surface area contributed by atoms with Crippen molar-refractivity contribution in [3.8, 4) is 0 Å². The van der Waals surface area contributed by atoms with Crippen molar-refractivity contribution in [2.24, 2.45) is 5.73 Å². The molecular formula is C17H19N3O4. The van der Waals surface area contributed by atoms with Crippen LogP contribution >= 0.6 is 0 Å². The van der Waals surface area contributed by atoms with E-state index in [1.807, 2.05) is 6.07 Å². The summed E-state index contributed by atoms with van der Waals surface area (Å²) in [7, 11) is 0. The van der Waals surface area contributed by atoms with Gasteiger partial charge in [0.25, 0.3) is 0 Å². The Labute approximate surface area is 139 Å². The molecule has 3 N–H and O–H groups in total. The number of urea groups is 1. The van der Waals surface area contributed by atoms with Crippen molar-refractivity contribution in [3.63, 3.8) is 0 Å². The third-order valence-corrected chi connectivity index (χ3v) is 3.46. The average molecular weight is 329 g/mol. The van der Waals surface area contributed by atoms with Gasteiger partial charge >= 0.3 is 12.0 Å². The molecule has 0 saturated carbocycles. The zero-order valence-corrected chi connectivity index (χ0v) is 13.5. The lowest BCUT2D eigenvalue weighted by Crippen LogP contribution is -2.31. The Hall–Kier alpha value is -3.09. The molecule has 7 nitrogen and oxygen atoms in total. The molecule has 1 aromatic carbocycles. The number of benzene rings is 1. The Bertz CT molecular complexity index is 766. The van der Waals surface area contributed by atoms with Crippen LogP contribution < -0.4 is 11.2 Å². The van der Waals surface area contributed by atoms with Crippen LogP contribution in [0.25, 0.3) is 0 Å². The lowest BCUT2D eigenvalue weighted by molar-refractivity contribution is -0.142. The number of carbonyl (C=O) groups excluding carboxylic acids is 3. The summed E-state index contributed by atoms with van der Waals surface area (Å²) >= 11 is 0. The Morgan fingerprint density at radius 2 is 1.88 bits per heavy atom. The van der Waals surface area contributed by atoms with Crippen LogP contribution in [-0.4, -0.2) is 29.1 Å². The summed E-state index contributed by atoms with van der Waals surface area (Å²) in [6.45, 7) is 3.62.